The Hall–Kier alpha value is -4.58. The van der Waals surface area contributed by atoms with Gasteiger partial charge in [0, 0.05) is 29.0 Å². The Bertz CT molecular complexity index is 2090. The molecule has 0 bridgehead atoms. The summed E-state index contributed by atoms with van der Waals surface area (Å²) in [4.78, 5) is 27.0. The van der Waals surface area contributed by atoms with Crippen LogP contribution in [0, 0.1) is 20.8 Å². The Kier molecular flexibility index (Phi) is 9.06. The first-order valence-corrected chi connectivity index (χ1v) is 16.0. The third kappa shape index (κ3) is 6.19. The van der Waals surface area contributed by atoms with Gasteiger partial charge < -0.3 is 4.57 Å². The summed E-state index contributed by atoms with van der Waals surface area (Å²) in [5.74, 6) is -0.741. The molecule has 0 aliphatic carbocycles. The maximum Gasteiger partial charge on any atom is 0.296 e. The maximum absolute atomic E-state index is 13.9. The molecule has 0 spiro atoms. The number of hydrogen-bond acceptors (Lipinski definition) is 5. The van der Waals surface area contributed by atoms with Gasteiger partial charge in [0.2, 0.25) is 0 Å². The van der Waals surface area contributed by atoms with Crippen LogP contribution in [0.15, 0.2) is 99.7 Å². The molecule has 45 heavy (non-hydrogen) atoms. The van der Waals surface area contributed by atoms with E-state index in [1.165, 1.54) is 23.0 Å². The monoisotopic (exact) mass is 664 g/mol. The molecular formula is C32H30Cl2N6O4S. The average Bonchev–Trinajstić information content (AvgIpc) is 3.41. The summed E-state index contributed by atoms with van der Waals surface area (Å²) in [6, 6.07) is 23.6. The molecule has 0 aliphatic heterocycles. The lowest BCUT2D eigenvalue weighted by atomic mass is 10.2. The molecule has 232 valence electrons. The Morgan fingerprint density at radius 1 is 0.933 bits per heavy atom. The molecule has 10 nitrogen and oxygen atoms in total. The number of hydrogen-bond donors (Lipinski definition) is 1. The van der Waals surface area contributed by atoms with Crippen LogP contribution in [0.1, 0.15) is 22.6 Å². The standard InChI is InChI=1S/C32H30Cl2N6O4S/c1-21-17-24(22(2)39(21)29-16-15-25(33)18-28(29)34)19-35-36-30(41)20-38(45(43,44)27-13-9-6-10-14-27)31-23(3)37(4)40(32(31)42)26-11-7-5-8-12-26/h5-19H,20H2,1-4H3,(H,36,41)/b35-19+. The number of benzene rings is 3. The highest BCUT2D eigenvalue weighted by Crippen LogP contribution is 2.29. The molecule has 3 aromatic carbocycles. The first-order valence-electron chi connectivity index (χ1n) is 13.8. The third-order valence-corrected chi connectivity index (χ3v) is 9.70. The topological polar surface area (TPSA) is 111 Å². The average molecular weight is 666 g/mol. The summed E-state index contributed by atoms with van der Waals surface area (Å²) in [6.45, 7) is 4.72. The number of amides is 1. The number of aryl methyl sites for hydroxylation is 1. The van der Waals surface area contributed by atoms with Crippen molar-refractivity contribution in [3.8, 4) is 11.4 Å². The van der Waals surface area contributed by atoms with E-state index in [4.69, 9.17) is 23.2 Å². The molecule has 0 unspecified atom stereocenters. The number of nitrogens with zero attached hydrogens (tertiary/aromatic N) is 5. The number of sulfonamides is 1. The van der Waals surface area contributed by atoms with Gasteiger partial charge in [-0.2, -0.15) is 5.10 Å². The van der Waals surface area contributed by atoms with Gasteiger partial charge in [-0.25, -0.2) is 22.8 Å². The van der Waals surface area contributed by atoms with Gasteiger partial charge in [0.25, 0.3) is 21.5 Å². The Balaban J connectivity index is 1.47. The summed E-state index contributed by atoms with van der Waals surface area (Å²) < 4.78 is 33.5. The minimum Gasteiger partial charge on any atom is -0.316 e. The van der Waals surface area contributed by atoms with Crippen molar-refractivity contribution in [1.82, 2.24) is 19.4 Å². The van der Waals surface area contributed by atoms with Crippen molar-refractivity contribution in [3.05, 3.63) is 128 Å². The van der Waals surface area contributed by atoms with Gasteiger partial charge in [0.1, 0.15) is 12.2 Å². The number of nitrogens with one attached hydrogen (secondary N) is 1. The van der Waals surface area contributed by atoms with Gasteiger partial charge >= 0.3 is 0 Å². The summed E-state index contributed by atoms with van der Waals surface area (Å²) >= 11 is 12.5. The molecule has 0 fully saturated rings. The quantitative estimate of drug-likeness (QED) is 0.165. The smallest absolute Gasteiger partial charge is 0.296 e. The van der Waals surface area contributed by atoms with Crippen molar-refractivity contribution >= 4 is 51.0 Å². The normalized spacial score (nSPS) is 11.7. The highest BCUT2D eigenvalue weighted by Gasteiger charge is 2.33. The van der Waals surface area contributed by atoms with Crippen molar-refractivity contribution in [2.24, 2.45) is 12.1 Å². The zero-order chi connectivity index (χ0) is 32.5. The van der Waals surface area contributed by atoms with Crippen LogP contribution in [0.4, 0.5) is 5.69 Å². The summed E-state index contributed by atoms with van der Waals surface area (Å²) in [7, 11) is -2.68. The van der Waals surface area contributed by atoms with Crippen LogP contribution in [-0.2, 0) is 21.9 Å². The van der Waals surface area contributed by atoms with Gasteiger partial charge in [-0.3, -0.25) is 14.3 Å². The molecule has 1 N–H and O–H groups in total. The number of hydrazone groups is 1. The van der Waals surface area contributed by atoms with Crippen LogP contribution in [0.2, 0.25) is 10.0 Å². The van der Waals surface area contributed by atoms with E-state index in [0.29, 0.717) is 27.0 Å². The second-order valence-electron chi connectivity index (χ2n) is 10.3. The van der Waals surface area contributed by atoms with Gasteiger partial charge in [-0.1, -0.05) is 59.6 Å². The predicted octanol–water partition coefficient (Wildman–Crippen LogP) is 5.54. The minimum atomic E-state index is -4.34. The van der Waals surface area contributed by atoms with E-state index in [2.05, 4.69) is 10.5 Å². The largest absolute Gasteiger partial charge is 0.316 e. The van der Waals surface area contributed by atoms with Gasteiger partial charge in [0.15, 0.2) is 0 Å². The second-order valence-corrected chi connectivity index (χ2v) is 13.0. The number of carbonyl (C=O) groups excluding carboxylic acids is 1. The number of halogens is 2. The van der Waals surface area contributed by atoms with Crippen molar-refractivity contribution in [3.63, 3.8) is 0 Å². The zero-order valence-electron chi connectivity index (χ0n) is 24.9. The molecule has 0 saturated heterocycles. The van der Waals surface area contributed by atoms with E-state index in [-0.39, 0.29) is 10.6 Å². The Morgan fingerprint density at radius 2 is 1.58 bits per heavy atom. The van der Waals surface area contributed by atoms with Gasteiger partial charge in [-0.15, -0.1) is 0 Å². The number of anilines is 1. The van der Waals surface area contributed by atoms with Crippen LogP contribution >= 0.6 is 23.2 Å². The molecule has 1 amide bonds. The molecular weight excluding hydrogens is 635 g/mol. The fourth-order valence-electron chi connectivity index (χ4n) is 5.14. The first-order chi connectivity index (χ1) is 21.4. The summed E-state index contributed by atoms with van der Waals surface area (Å²) in [5.41, 5.74) is 5.70. The zero-order valence-corrected chi connectivity index (χ0v) is 27.2. The molecule has 5 aromatic rings. The molecule has 0 saturated carbocycles. The molecule has 2 aromatic heterocycles. The second kappa shape index (κ2) is 12.8. The number of rotatable bonds is 9. The van der Waals surface area contributed by atoms with Crippen LogP contribution < -0.4 is 15.3 Å². The molecule has 0 aliphatic rings. The fourth-order valence-corrected chi connectivity index (χ4v) is 7.12. The van der Waals surface area contributed by atoms with Crippen molar-refractivity contribution in [1.29, 1.82) is 0 Å². The van der Waals surface area contributed by atoms with Gasteiger partial charge in [-0.05, 0) is 69.3 Å². The number of para-hydroxylation sites is 1. The maximum atomic E-state index is 13.9. The molecule has 0 radical (unpaired) electrons. The van der Waals surface area contributed by atoms with Crippen molar-refractivity contribution in [2.75, 3.05) is 10.8 Å². The lowest BCUT2D eigenvalue weighted by molar-refractivity contribution is -0.119. The van der Waals surface area contributed by atoms with Crippen molar-refractivity contribution in [2.45, 2.75) is 25.7 Å². The van der Waals surface area contributed by atoms with Crippen LogP contribution in [-0.4, -0.2) is 41.0 Å². The van der Waals surface area contributed by atoms with Gasteiger partial charge in [0.05, 0.1) is 33.2 Å². The first kappa shape index (κ1) is 31.8. The lowest BCUT2D eigenvalue weighted by Crippen LogP contribution is -2.42. The van der Waals surface area contributed by atoms with E-state index in [9.17, 15) is 18.0 Å². The predicted molar refractivity (Wildman–Crippen MR) is 178 cm³/mol. The number of aromatic nitrogens is 3. The third-order valence-electron chi connectivity index (χ3n) is 7.41. The fraction of sp³-hybridized carbons (Fsp3) is 0.156. The molecule has 5 rings (SSSR count). The van der Waals surface area contributed by atoms with E-state index in [1.54, 1.807) is 73.3 Å². The van der Waals surface area contributed by atoms with Crippen molar-refractivity contribution < 1.29 is 13.2 Å². The Labute approximate surface area is 270 Å². The van der Waals surface area contributed by atoms with Crippen LogP contribution in [0.5, 0.6) is 0 Å². The molecule has 0 atom stereocenters. The van der Waals surface area contributed by atoms with E-state index >= 15 is 0 Å². The molecule has 2 heterocycles. The lowest BCUT2D eigenvalue weighted by Gasteiger charge is -2.22. The van der Waals surface area contributed by atoms with Crippen LogP contribution in [0.25, 0.3) is 11.4 Å². The van der Waals surface area contributed by atoms with Crippen LogP contribution in [0.3, 0.4) is 0 Å². The van der Waals surface area contributed by atoms with E-state index in [0.717, 1.165) is 21.4 Å². The molecule has 13 heteroatoms. The highest BCUT2D eigenvalue weighted by atomic mass is 35.5. The highest BCUT2D eigenvalue weighted by molar-refractivity contribution is 7.92. The number of carbonyl (C=O) groups is 1. The van der Waals surface area contributed by atoms with E-state index < -0.39 is 28.0 Å². The summed E-state index contributed by atoms with van der Waals surface area (Å²) in [6.07, 6.45) is 1.47. The van der Waals surface area contributed by atoms with E-state index in [1.807, 2.05) is 36.6 Å². The summed E-state index contributed by atoms with van der Waals surface area (Å²) in [5, 5.41) is 5.09. The Morgan fingerprint density at radius 3 is 2.22 bits per heavy atom. The SMILES string of the molecule is Cc1cc(/C=N/NC(=O)CN(c2c(C)n(C)n(-c3ccccc3)c2=O)S(=O)(=O)c2ccccc2)c(C)n1-c1ccc(Cl)cc1Cl. The minimum absolute atomic E-state index is 0.0662.